The van der Waals surface area contributed by atoms with Crippen molar-refractivity contribution in [1.82, 2.24) is 25.1 Å². The maximum atomic E-state index is 12.9. The highest BCUT2D eigenvalue weighted by molar-refractivity contribution is 7.99. The molecule has 2 heterocycles. The zero-order valence-corrected chi connectivity index (χ0v) is 20.0. The van der Waals surface area contributed by atoms with Gasteiger partial charge in [0.1, 0.15) is 0 Å². The zero-order chi connectivity index (χ0) is 23.3. The molecule has 1 aliphatic rings. The Bertz CT molecular complexity index is 1270. The van der Waals surface area contributed by atoms with E-state index in [1.807, 2.05) is 22.8 Å². The van der Waals surface area contributed by atoms with Crippen molar-refractivity contribution in [2.45, 2.75) is 43.8 Å². The van der Waals surface area contributed by atoms with Gasteiger partial charge in [-0.2, -0.15) is 0 Å². The number of nitrogens with one attached hydrogen (secondary N) is 1. The predicted molar refractivity (Wildman–Crippen MR) is 135 cm³/mol. The van der Waals surface area contributed by atoms with Gasteiger partial charge in [0.25, 0.3) is 0 Å². The Kier molecular flexibility index (Phi) is 6.72. The number of aryl methyl sites for hydroxylation is 2. The van der Waals surface area contributed by atoms with Crippen molar-refractivity contribution < 1.29 is 4.79 Å². The molecule has 6 nitrogen and oxygen atoms in total. The first-order valence-electron chi connectivity index (χ1n) is 11.7. The largest absolute Gasteiger partial charge is 0.349 e. The van der Waals surface area contributed by atoms with Gasteiger partial charge in [-0.05, 0) is 66.6 Å². The van der Waals surface area contributed by atoms with E-state index in [1.54, 1.807) is 12.4 Å². The van der Waals surface area contributed by atoms with E-state index >= 15 is 0 Å². The third kappa shape index (κ3) is 4.75. The molecule has 0 spiro atoms. The highest BCUT2D eigenvalue weighted by Gasteiger charge is 2.22. The highest BCUT2D eigenvalue weighted by atomic mass is 32.2. The third-order valence-corrected chi connectivity index (χ3v) is 7.14. The number of rotatable bonds is 7. The number of hydrogen-bond donors (Lipinski definition) is 1. The van der Waals surface area contributed by atoms with Crippen LogP contribution in [-0.2, 0) is 17.6 Å². The molecule has 0 fully saturated rings. The molecule has 2 aromatic carbocycles. The molecule has 1 amide bonds. The minimum Gasteiger partial charge on any atom is -0.349 e. The summed E-state index contributed by atoms with van der Waals surface area (Å²) in [6.45, 7) is 2.14. The summed E-state index contributed by atoms with van der Waals surface area (Å²) in [5, 5.41) is 12.8. The predicted octanol–water partition coefficient (Wildman–Crippen LogP) is 5.18. The number of carbonyl (C=O) groups is 1. The highest BCUT2D eigenvalue weighted by Crippen LogP contribution is 2.31. The van der Waals surface area contributed by atoms with E-state index in [0.717, 1.165) is 42.8 Å². The van der Waals surface area contributed by atoms with Gasteiger partial charge in [-0.3, -0.25) is 14.3 Å². The molecule has 0 saturated carbocycles. The summed E-state index contributed by atoms with van der Waals surface area (Å²) in [7, 11) is 0. The lowest BCUT2D eigenvalue weighted by Gasteiger charge is -2.26. The number of aromatic nitrogens is 4. The van der Waals surface area contributed by atoms with E-state index in [-0.39, 0.29) is 17.7 Å². The van der Waals surface area contributed by atoms with Crippen LogP contribution in [0.5, 0.6) is 0 Å². The van der Waals surface area contributed by atoms with Gasteiger partial charge in [0, 0.05) is 23.6 Å². The van der Waals surface area contributed by atoms with Crippen LogP contribution >= 0.6 is 11.8 Å². The summed E-state index contributed by atoms with van der Waals surface area (Å²) in [5.41, 5.74) is 5.74. The molecule has 172 valence electrons. The molecule has 0 radical (unpaired) electrons. The first-order valence-corrected chi connectivity index (χ1v) is 12.7. The van der Waals surface area contributed by atoms with Crippen molar-refractivity contribution in [2.24, 2.45) is 0 Å². The van der Waals surface area contributed by atoms with Crippen LogP contribution in [0.15, 0.2) is 78.2 Å². The summed E-state index contributed by atoms with van der Waals surface area (Å²) in [4.78, 5) is 17.0. The second-order valence-electron chi connectivity index (χ2n) is 8.40. The zero-order valence-electron chi connectivity index (χ0n) is 19.1. The quantitative estimate of drug-likeness (QED) is 0.378. The number of nitrogens with zero attached hydrogens (tertiary/aromatic N) is 4. The molecular weight excluding hydrogens is 442 g/mol. The molecule has 7 heteroatoms. The van der Waals surface area contributed by atoms with Crippen molar-refractivity contribution in [1.29, 1.82) is 0 Å². The van der Waals surface area contributed by atoms with E-state index < -0.39 is 0 Å². The second kappa shape index (κ2) is 10.2. The molecule has 0 aliphatic heterocycles. The van der Waals surface area contributed by atoms with Crippen LogP contribution in [0.4, 0.5) is 0 Å². The monoisotopic (exact) mass is 469 g/mol. The maximum absolute atomic E-state index is 12.9. The Labute approximate surface area is 203 Å². The molecule has 4 aromatic rings. The summed E-state index contributed by atoms with van der Waals surface area (Å²) < 4.78 is 2.02. The van der Waals surface area contributed by atoms with Crippen molar-refractivity contribution >= 4 is 17.7 Å². The normalized spacial score (nSPS) is 15.0. The molecular formula is C27H27N5OS. The van der Waals surface area contributed by atoms with Crippen molar-refractivity contribution in [3.05, 3.63) is 89.7 Å². The summed E-state index contributed by atoms with van der Waals surface area (Å²) in [6.07, 6.45) is 7.61. The molecule has 34 heavy (non-hydrogen) atoms. The number of hydrogen-bond acceptors (Lipinski definition) is 5. The Morgan fingerprint density at radius 3 is 2.65 bits per heavy atom. The maximum Gasteiger partial charge on any atom is 0.230 e. The lowest BCUT2D eigenvalue weighted by atomic mass is 9.88. The van der Waals surface area contributed by atoms with Gasteiger partial charge in [-0.15, -0.1) is 10.2 Å². The minimum absolute atomic E-state index is 0.00745. The topological polar surface area (TPSA) is 72.7 Å². The standard InChI is InChI=1S/C27H27N5OS/c1-2-19-10-12-22(13-11-19)32-26(21-14-16-28-17-15-21)30-31-27(32)34-18-25(33)29-24-9-5-7-20-6-3-4-8-23(20)24/h3-4,6,8,10-17,24H,2,5,7,9,18H2,1H3,(H,29,33)/t24-/m0/s1. The smallest absolute Gasteiger partial charge is 0.230 e. The fraction of sp³-hybridized carbons (Fsp3) is 0.259. The van der Waals surface area contributed by atoms with Gasteiger partial charge in [-0.1, -0.05) is 55.1 Å². The van der Waals surface area contributed by atoms with Crippen LogP contribution in [0.2, 0.25) is 0 Å². The SMILES string of the molecule is CCc1ccc(-n2c(SCC(=O)N[C@H]3CCCc4ccccc43)nnc2-c2ccncc2)cc1. The first-order chi connectivity index (χ1) is 16.7. The Hall–Kier alpha value is -3.45. The van der Waals surface area contributed by atoms with Gasteiger partial charge in [0.15, 0.2) is 11.0 Å². The molecule has 1 N–H and O–H groups in total. The molecule has 2 aromatic heterocycles. The van der Waals surface area contributed by atoms with Gasteiger partial charge >= 0.3 is 0 Å². The number of thioether (sulfide) groups is 1. The molecule has 0 saturated heterocycles. The van der Waals surface area contributed by atoms with Crippen molar-refractivity contribution in [3.63, 3.8) is 0 Å². The van der Waals surface area contributed by atoms with E-state index in [2.05, 4.69) is 69.9 Å². The van der Waals surface area contributed by atoms with Crippen molar-refractivity contribution in [2.75, 3.05) is 5.75 Å². The average Bonchev–Trinajstić information content (AvgIpc) is 3.32. The molecule has 0 bridgehead atoms. The van der Waals surface area contributed by atoms with Gasteiger partial charge in [0.05, 0.1) is 11.8 Å². The van der Waals surface area contributed by atoms with Crippen LogP contribution in [0.1, 0.15) is 42.5 Å². The minimum atomic E-state index is 0.00745. The van der Waals surface area contributed by atoms with E-state index in [4.69, 9.17) is 0 Å². The lowest BCUT2D eigenvalue weighted by Crippen LogP contribution is -2.32. The summed E-state index contributed by atoms with van der Waals surface area (Å²) >= 11 is 1.41. The number of fused-ring (bicyclic) bond motifs is 1. The summed E-state index contributed by atoms with van der Waals surface area (Å²) in [6, 6.07) is 20.7. The van der Waals surface area contributed by atoms with Crippen molar-refractivity contribution in [3.8, 4) is 17.1 Å². The van der Waals surface area contributed by atoms with Gasteiger partial charge < -0.3 is 5.32 Å². The van der Waals surface area contributed by atoms with E-state index in [0.29, 0.717) is 5.16 Å². The Morgan fingerprint density at radius 2 is 1.85 bits per heavy atom. The number of carbonyl (C=O) groups excluding carboxylic acids is 1. The van der Waals surface area contributed by atoms with Crippen LogP contribution < -0.4 is 5.32 Å². The van der Waals surface area contributed by atoms with E-state index in [9.17, 15) is 4.79 Å². The van der Waals surface area contributed by atoms with Crippen LogP contribution in [0, 0.1) is 0 Å². The van der Waals surface area contributed by atoms with Crippen LogP contribution in [0.25, 0.3) is 17.1 Å². The molecule has 1 atom stereocenters. The first kappa shape index (κ1) is 22.3. The van der Waals surface area contributed by atoms with E-state index in [1.165, 1.54) is 28.5 Å². The number of benzene rings is 2. The lowest BCUT2D eigenvalue weighted by molar-refractivity contribution is -0.119. The fourth-order valence-electron chi connectivity index (χ4n) is 4.43. The molecule has 1 aliphatic carbocycles. The Morgan fingerprint density at radius 1 is 1.06 bits per heavy atom. The Balaban J connectivity index is 1.36. The van der Waals surface area contributed by atoms with Gasteiger partial charge in [0.2, 0.25) is 5.91 Å². The van der Waals surface area contributed by atoms with Gasteiger partial charge in [-0.25, -0.2) is 0 Å². The second-order valence-corrected chi connectivity index (χ2v) is 9.34. The molecule has 0 unspecified atom stereocenters. The summed E-state index contributed by atoms with van der Waals surface area (Å²) in [5.74, 6) is 1.02. The fourth-order valence-corrected chi connectivity index (χ4v) is 5.20. The average molecular weight is 470 g/mol. The van der Waals surface area contributed by atoms with Crippen LogP contribution in [0.3, 0.4) is 0 Å². The number of amides is 1. The number of pyridine rings is 1. The molecule has 5 rings (SSSR count). The van der Waals surface area contributed by atoms with Crippen LogP contribution in [-0.4, -0.2) is 31.4 Å². The third-order valence-electron chi connectivity index (χ3n) is 6.21.